The summed E-state index contributed by atoms with van der Waals surface area (Å²) < 4.78 is 23.9. The van der Waals surface area contributed by atoms with Crippen molar-refractivity contribution in [2.75, 3.05) is 27.1 Å². The number of ether oxygens (including phenoxy) is 4. The number of nitrogens with two attached hydrogens (primary N) is 1. The Bertz CT molecular complexity index is 1780. The molecule has 42 heavy (non-hydrogen) atoms. The second kappa shape index (κ2) is 12.7. The predicted molar refractivity (Wildman–Crippen MR) is 167 cm³/mol. The van der Waals surface area contributed by atoms with E-state index < -0.39 is 11.5 Å². The summed E-state index contributed by atoms with van der Waals surface area (Å²) in [7, 11) is 4.41. The minimum atomic E-state index is -0.682. The Morgan fingerprint density at radius 3 is 2.07 bits per heavy atom. The smallest absolute Gasteiger partial charge is 0.355 e. The molecule has 0 amide bonds. The number of nitrogen functional groups attached to an aromatic ring is 1. The Labute approximate surface area is 249 Å². The first-order chi connectivity index (χ1) is 19.9. The number of hydrogen-bond donors (Lipinski definition) is 1. The number of benzene rings is 4. The highest BCUT2D eigenvalue weighted by molar-refractivity contribution is 6.07. The van der Waals surface area contributed by atoms with Crippen molar-refractivity contribution >= 4 is 34.8 Å². The van der Waals surface area contributed by atoms with Crippen LogP contribution in [0.4, 0.5) is 5.69 Å². The molecule has 0 bridgehead atoms. The van der Waals surface area contributed by atoms with E-state index in [1.807, 2.05) is 49.4 Å². The van der Waals surface area contributed by atoms with E-state index in [1.165, 1.54) is 11.7 Å². The minimum absolute atomic E-state index is 0. The van der Waals surface area contributed by atoms with Crippen molar-refractivity contribution in [2.45, 2.75) is 13.5 Å². The first kappa shape index (κ1) is 30.0. The van der Waals surface area contributed by atoms with Gasteiger partial charge < -0.3 is 24.7 Å². The number of nitrogens with zero attached hydrogens (tertiary/aromatic N) is 1. The number of pyridine rings is 1. The Kier molecular flexibility index (Phi) is 9.08. The topological polar surface area (TPSA) is 102 Å². The van der Waals surface area contributed by atoms with Crippen LogP contribution in [0.3, 0.4) is 0 Å². The molecule has 4 aromatic carbocycles. The van der Waals surface area contributed by atoms with Gasteiger partial charge in [0.25, 0.3) is 5.56 Å². The predicted octanol–water partition coefficient (Wildman–Crippen LogP) is 6.35. The third kappa shape index (κ3) is 5.62. The number of rotatable bonds is 8. The van der Waals surface area contributed by atoms with E-state index in [2.05, 4.69) is 0 Å². The van der Waals surface area contributed by atoms with E-state index in [4.69, 9.17) is 24.7 Å². The molecule has 5 rings (SSSR count). The van der Waals surface area contributed by atoms with Crippen molar-refractivity contribution in [1.29, 1.82) is 0 Å². The first-order valence-corrected chi connectivity index (χ1v) is 12.9. The maximum Gasteiger partial charge on any atom is 0.355 e. The normalized spacial score (nSPS) is 10.6. The van der Waals surface area contributed by atoms with E-state index in [0.717, 1.165) is 11.1 Å². The summed E-state index contributed by atoms with van der Waals surface area (Å²) >= 11 is 0. The first-order valence-electron chi connectivity index (χ1n) is 12.9. The summed E-state index contributed by atoms with van der Waals surface area (Å²) in [6, 6.07) is 25.4. The molecule has 0 fully saturated rings. The van der Waals surface area contributed by atoms with E-state index in [0.29, 0.717) is 57.1 Å². The molecule has 1 heterocycles. The number of esters is 1. The van der Waals surface area contributed by atoms with Gasteiger partial charge in [0.1, 0.15) is 29.5 Å². The fourth-order valence-electron chi connectivity index (χ4n) is 4.89. The van der Waals surface area contributed by atoms with Crippen LogP contribution in [0.15, 0.2) is 89.7 Å². The molecular weight excluding hydrogens is 556 g/mol. The second-order valence-electron chi connectivity index (χ2n) is 9.43. The molecule has 0 aliphatic carbocycles. The Balaban J connectivity index is 0.00000405. The molecule has 0 aliphatic heterocycles. The van der Waals surface area contributed by atoms with Crippen molar-refractivity contribution in [1.82, 2.24) is 4.57 Å². The van der Waals surface area contributed by atoms with Crippen LogP contribution in [-0.2, 0) is 11.3 Å². The number of hydrogen-bond acceptors (Lipinski definition) is 7. The van der Waals surface area contributed by atoms with Gasteiger partial charge in [0.15, 0.2) is 0 Å². The van der Waals surface area contributed by atoms with Gasteiger partial charge in [-0.1, -0.05) is 30.3 Å². The summed E-state index contributed by atoms with van der Waals surface area (Å²) in [5.41, 5.74) is 9.43. The van der Waals surface area contributed by atoms with Gasteiger partial charge >= 0.3 is 5.97 Å². The zero-order valence-corrected chi connectivity index (χ0v) is 24.5. The lowest BCUT2D eigenvalue weighted by Crippen LogP contribution is -2.27. The van der Waals surface area contributed by atoms with Crippen LogP contribution in [0.25, 0.3) is 27.6 Å². The maximum absolute atomic E-state index is 14.2. The van der Waals surface area contributed by atoms with Crippen LogP contribution < -0.4 is 25.5 Å². The molecular formula is C33H31ClN2O6. The van der Waals surface area contributed by atoms with Gasteiger partial charge in [-0.05, 0) is 78.0 Å². The fourth-order valence-corrected chi connectivity index (χ4v) is 4.89. The highest BCUT2D eigenvalue weighted by Crippen LogP contribution is 2.40. The highest BCUT2D eigenvalue weighted by Gasteiger charge is 2.26. The van der Waals surface area contributed by atoms with Crippen molar-refractivity contribution in [3.05, 3.63) is 112 Å². The van der Waals surface area contributed by atoms with Crippen LogP contribution in [-0.4, -0.2) is 31.9 Å². The zero-order chi connectivity index (χ0) is 29.1. The molecule has 2 N–H and O–H groups in total. The number of aromatic nitrogens is 1. The van der Waals surface area contributed by atoms with Gasteiger partial charge in [-0.2, -0.15) is 0 Å². The van der Waals surface area contributed by atoms with Crippen molar-refractivity contribution in [3.63, 3.8) is 0 Å². The number of carbonyl (C=O) groups excluding carboxylic acids is 1. The number of carbonyl (C=O) groups is 1. The highest BCUT2D eigenvalue weighted by atomic mass is 35.5. The molecule has 0 aliphatic rings. The summed E-state index contributed by atoms with van der Waals surface area (Å²) in [6.45, 7) is 2.21. The van der Waals surface area contributed by atoms with Gasteiger partial charge in [-0.25, -0.2) is 4.79 Å². The number of methoxy groups -OCH3 is 3. The molecule has 8 nitrogen and oxygen atoms in total. The van der Waals surface area contributed by atoms with Crippen molar-refractivity contribution in [2.24, 2.45) is 0 Å². The number of anilines is 1. The number of fused-ring (bicyclic) bond motifs is 1. The lowest BCUT2D eigenvalue weighted by molar-refractivity contribution is 0.0591. The molecule has 0 atom stereocenters. The quantitative estimate of drug-likeness (QED) is 0.167. The Hall–Kier alpha value is -4.95. The molecule has 216 valence electrons. The van der Waals surface area contributed by atoms with Crippen LogP contribution >= 0.6 is 12.4 Å². The van der Waals surface area contributed by atoms with Gasteiger partial charge in [-0.15, -0.1) is 12.4 Å². The molecule has 1 aromatic heterocycles. The van der Waals surface area contributed by atoms with E-state index in [1.54, 1.807) is 56.7 Å². The molecule has 0 saturated carbocycles. The third-order valence-corrected chi connectivity index (χ3v) is 6.97. The van der Waals surface area contributed by atoms with E-state index in [9.17, 15) is 9.59 Å². The molecule has 0 spiro atoms. The zero-order valence-electron chi connectivity index (χ0n) is 23.7. The molecule has 5 aromatic rings. The van der Waals surface area contributed by atoms with E-state index in [-0.39, 0.29) is 18.1 Å². The summed E-state index contributed by atoms with van der Waals surface area (Å²) in [5, 5.41) is 0.899. The average Bonchev–Trinajstić information content (AvgIpc) is 3.01. The summed E-state index contributed by atoms with van der Waals surface area (Å²) in [5.74, 6) is 0.963. The summed E-state index contributed by atoms with van der Waals surface area (Å²) in [4.78, 5) is 27.7. The molecule has 0 unspecified atom stereocenters. The summed E-state index contributed by atoms with van der Waals surface area (Å²) in [6.07, 6.45) is 0. The molecule has 0 saturated heterocycles. The maximum atomic E-state index is 14.2. The van der Waals surface area contributed by atoms with Crippen LogP contribution in [0.1, 0.15) is 21.6 Å². The second-order valence-corrected chi connectivity index (χ2v) is 9.43. The lowest BCUT2D eigenvalue weighted by Gasteiger charge is -2.21. The third-order valence-electron chi connectivity index (χ3n) is 6.97. The standard InChI is InChI=1S/C33H30N2O6.ClH/c1-20-28(38-2)16-22(17-29(20)39-3)30-26-15-14-25(41-19-21-8-6-5-7-9-21)18-27(26)32(36)35(31(30)33(37)40-4)24-12-10-23(34)11-13-24;/h5-18H,19,34H2,1-4H3;1H. The van der Waals surface area contributed by atoms with Crippen LogP contribution in [0.2, 0.25) is 0 Å². The van der Waals surface area contributed by atoms with Crippen molar-refractivity contribution < 1.29 is 23.7 Å². The number of halogens is 1. The SMILES string of the molecule is COC(=O)c1c(-c2cc(OC)c(C)c(OC)c2)c2ccc(OCc3ccccc3)cc2c(=O)n1-c1ccc(N)cc1.Cl. The fraction of sp³-hybridized carbons (Fsp3) is 0.152. The van der Waals surface area contributed by atoms with E-state index >= 15 is 0 Å². The molecule has 9 heteroatoms. The van der Waals surface area contributed by atoms with Gasteiger partial charge in [0.2, 0.25) is 0 Å². The van der Waals surface area contributed by atoms with Gasteiger partial charge in [0, 0.05) is 22.5 Å². The van der Waals surface area contributed by atoms with Crippen LogP contribution in [0, 0.1) is 6.92 Å². The van der Waals surface area contributed by atoms with Crippen molar-refractivity contribution in [3.8, 4) is 34.1 Å². The average molecular weight is 587 g/mol. The molecule has 0 radical (unpaired) electrons. The minimum Gasteiger partial charge on any atom is -0.496 e. The lowest BCUT2D eigenvalue weighted by atomic mass is 9.94. The van der Waals surface area contributed by atoms with Gasteiger partial charge in [-0.3, -0.25) is 9.36 Å². The Morgan fingerprint density at radius 2 is 1.48 bits per heavy atom. The van der Waals surface area contributed by atoms with Crippen LogP contribution in [0.5, 0.6) is 17.2 Å². The van der Waals surface area contributed by atoms with Gasteiger partial charge in [0.05, 0.1) is 26.7 Å². The monoisotopic (exact) mass is 586 g/mol. The largest absolute Gasteiger partial charge is 0.496 e. The Morgan fingerprint density at radius 1 is 0.833 bits per heavy atom.